The number of azo groups is 1. The molecule has 0 unspecified atom stereocenters. The summed E-state index contributed by atoms with van der Waals surface area (Å²) in [5, 5.41) is 8.20. The van der Waals surface area contributed by atoms with E-state index in [0.717, 1.165) is 24.6 Å². The van der Waals surface area contributed by atoms with Crippen molar-refractivity contribution in [3.63, 3.8) is 0 Å². The van der Waals surface area contributed by atoms with Gasteiger partial charge in [-0.25, -0.2) is 0 Å². The summed E-state index contributed by atoms with van der Waals surface area (Å²) in [7, 11) is 0. The van der Waals surface area contributed by atoms with Crippen LogP contribution in [0.5, 0.6) is 0 Å². The van der Waals surface area contributed by atoms with Gasteiger partial charge in [0.05, 0.1) is 11.4 Å². The molecule has 2 aromatic carbocycles. The lowest BCUT2D eigenvalue weighted by molar-refractivity contribution is 0.125. The first-order valence-corrected chi connectivity index (χ1v) is 19.5. The van der Waals surface area contributed by atoms with Gasteiger partial charge in [0, 0.05) is 13.2 Å². The molecule has 2 aromatic rings. The molecule has 0 spiro atoms. The van der Waals surface area contributed by atoms with Crippen LogP contribution in [-0.2, 0) is 4.74 Å². The molecule has 0 saturated carbocycles. The fraction of sp³-hybridized carbons (Fsp3) is 0.714. The second-order valence-corrected chi connectivity index (χ2v) is 13.0. The number of nitrogens with zero attached hydrogens (tertiary/aromatic N) is 2. The molecule has 0 fully saturated rings. The van der Waals surface area contributed by atoms with Gasteiger partial charge in [-0.3, -0.25) is 0 Å². The molecule has 0 aliphatic carbocycles. The highest BCUT2D eigenvalue weighted by atomic mass is 16.5. The minimum Gasteiger partial charge on any atom is -0.381 e. The highest BCUT2D eigenvalue weighted by Gasteiger charge is 1.96. The maximum Gasteiger partial charge on any atom is 0.0857 e. The van der Waals surface area contributed by atoms with E-state index in [2.05, 4.69) is 24.1 Å². The summed E-state index contributed by atoms with van der Waals surface area (Å²) >= 11 is 0. The zero-order valence-corrected chi connectivity index (χ0v) is 29.9. The predicted molar refractivity (Wildman–Crippen MR) is 199 cm³/mol. The van der Waals surface area contributed by atoms with Crippen LogP contribution >= 0.6 is 0 Å². The van der Waals surface area contributed by atoms with Crippen molar-refractivity contribution in [2.75, 3.05) is 13.2 Å². The number of hydrogen-bond donors (Lipinski definition) is 0. The number of benzene rings is 2. The fourth-order valence-corrected chi connectivity index (χ4v) is 5.65. The topological polar surface area (TPSA) is 34.0 Å². The molecular formula is C42H72N2O. The highest BCUT2D eigenvalue weighted by Crippen LogP contribution is 2.17. The Labute approximate surface area is 280 Å². The average molecular weight is 621 g/mol. The van der Waals surface area contributed by atoms with E-state index < -0.39 is 0 Å². The van der Waals surface area contributed by atoms with E-state index in [-0.39, 0.29) is 0 Å². The van der Waals surface area contributed by atoms with E-state index in [0.29, 0.717) is 0 Å². The second kappa shape index (κ2) is 34.9. The Morgan fingerprint density at radius 3 is 0.844 bits per heavy atom. The summed E-state index contributed by atoms with van der Waals surface area (Å²) in [4.78, 5) is 0. The van der Waals surface area contributed by atoms with Crippen molar-refractivity contribution >= 4 is 11.4 Å². The summed E-state index contributed by atoms with van der Waals surface area (Å²) in [6.45, 7) is 6.59. The van der Waals surface area contributed by atoms with Crippen molar-refractivity contribution in [3.8, 4) is 0 Å². The molecule has 45 heavy (non-hydrogen) atoms. The average Bonchev–Trinajstić information content (AvgIpc) is 3.08. The molecule has 0 atom stereocenters. The minimum atomic E-state index is 0.872. The molecule has 0 aliphatic heterocycles. The Bertz CT molecular complexity index is 769. The molecule has 0 saturated heterocycles. The number of unbranched alkanes of at least 4 members (excludes halogenated alkanes) is 24. The molecule has 0 bridgehead atoms. The maximum absolute atomic E-state index is 5.83. The van der Waals surface area contributed by atoms with Gasteiger partial charge in [0.2, 0.25) is 0 Å². The van der Waals surface area contributed by atoms with E-state index in [1.165, 1.54) is 167 Å². The van der Waals surface area contributed by atoms with Gasteiger partial charge in [-0.15, -0.1) is 0 Å². The van der Waals surface area contributed by atoms with E-state index in [1.807, 2.05) is 60.7 Å². The van der Waals surface area contributed by atoms with Gasteiger partial charge in [-0.05, 0) is 37.1 Å². The lowest BCUT2D eigenvalue weighted by atomic mass is 10.0. The van der Waals surface area contributed by atoms with Crippen LogP contribution in [-0.4, -0.2) is 13.2 Å². The van der Waals surface area contributed by atoms with Crippen LogP contribution in [0.15, 0.2) is 70.9 Å². The third-order valence-corrected chi connectivity index (χ3v) is 8.58. The van der Waals surface area contributed by atoms with Gasteiger partial charge in [0.15, 0.2) is 0 Å². The first kappa shape index (κ1) is 41.0. The van der Waals surface area contributed by atoms with E-state index in [1.54, 1.807) is 0 Å². The lowest BCUT2D eigenvalue weighted by Gasteiger charge is -2.05. The maximum atomic E-state index is 5.83. The van der Waals surface area contributed by atoms with Crippen LogP contribution in [0.4, 0.5) is 11.4 Å². The normalized spacial score (nSPS) is 11.2. The van der Waals surface area contributed by atoms with Gasteiger partial charge < -0.3 is 4.74 Å². The Morgan fingerprint density at radius 2 is 0.578 bits per heavy atom. The number of rotatable bonds is 30. The molecule has 0 aromatic heterocycles. The summed E-state index contributed by atoms with van der Waals surface area (Å²) in [5.41, 5.74) is 1.74. The van der Waals surface area contributed by atoms with Gasteiger partial charge in [0.1, 0.15) is 0 Å². The first-order valence-electron chi connectivity index (χ1n) is 19.5. The fourth-order valence-electron chi connectivity index (χ4n) is 5.65. The highest BCUT2D eigenvalue weighted by molar-refractivity contribution is 5.39. The Balaban J connectivity index is 0.000000591. The zero-order valence-electron chi connectivity index (χ0n) is 29.9. The molecule has 0 aliphatic rings. The van der Waals surface area contributed by atoms with E-state index >= 15 is 0 Å². The number of ether oxygens (including phenoxy) is 1. The van der Waals surface area contributed by atoms with Crippen molar-refractivity contribution in [1.82, 2.24) is 0 Å². The van der Waals surface area contributed by atoms with Crippen molar-refractivity contribution in [1.29, 1.82) is 0 Å². The van der Waals surface area contributed by atoms with Crippen LogP contribution in [0.3, 0.4) is 0 Å². The Morgan fingerprint density at radius 1 is 0.333 bits per heavy atom. The lowest BCUT2D eigenvalue weighted by Crippen LogP contribution is -1.97. The van der Waals surface area contributed by atoms with Crippen molar-refractivity contribution in [2.45, 2.75) is 181 Å². The standard InChI is InChI=1S/C30H62O.C12H10N2/c1-3-5-7-9-11-13-15-17-19-21-23-25-27-29-31-30-28-26-24-22-20-18-16-14-12-10-8-6-4-2;1-3-7-11(8-4-1)13-14-12-9-5-2-6-10-12/h3-30H2,1-2H3;1-10H/b;14-13+. The van der Waals surface area contributed by atoms with Crippen molar-refractivity contribution in [3.05, 3.63) is 60.7 Å². The largest absolute Gasteiger partial charge is 0.381 e. The molecule has 256 valence electrons. The molecule has 2 rings (SSSR count). The smallest absolute Gasteiger partial charge is 0.0857 e. The van der Waals surface area contributed by atoms with Crippen LogP contribution in [0.1, 0.15) is 181 Å². The summed E-state index contributed by atoms with van der Waals surface area (Å²) < 4.78 is 5.83. The van der Waals surface area contributed by atoms with Crippen LogP contribution in [0, 0.1) is 0 Å². The zero-order chi connectivity index (χ0) is 32.1. The molecule has 0 heterocycles. The third kappa shape index (κ3) is 30.4. The van der Waals surface area contributed by atoms with Crippen molar-refractivity contribution in [2.24, 2.45) is 10.2 Å². The monoisotopic (exact) mass is 621 g/mol. The molecule has 0 N–H and O–H groups in total. The summed E-state index contributed by atoms with van der Waals surface area (Å²) in [5.74, 6) is 0. The quantitative estimate of drug-likeness (QED) is 0.0632. The molecule has 3 nitrogen and oxygen atoms in total. The van der Waals surface area contributed by atoms with Gasteiger partial charge in [-0.2, -0.15) is 10.2 Å². The predicted octanol–water partition coefficient (Wildman–Crippen LogP) is 15.3. The molecular weight excluding hydrogens is 548 g/mol. The van der Waals surface area contributed by atoms with E-state index in [4.69, 9.17) is 4.74 Å². The summed E-state index contributed by atoms with van der Waals surface area (Å²) in [6, 6.07) is 19.4. The molecule has 0 radical (unpaired) electrons. The SMILES string of the molecule is CCCCCCCCCCCCCCCOCCCCCCCCCCCCCCC.c1ccc(/N=N/c2ccccc2)cc1. The van der Waals surface area contributed by atoms with Crippen LogP contribution in [0.25, 0.3) is 0 Å². The molecule has 3 heteroatoms. The Kier molecular flexibility index (Phi) is 31.8. The molecule has 0 amide bonds. The first-order chi connectivity index (χ1) is 22.4. The van der Waals surface area contributed by atoms with Gasteiger partial charge >= 0.3 is 0 Å². The third-order valence-electron chi connectivity index (χ3n) is 8.58. The Hall–Kier alpha value is -2.00. The number of hydrogen-bond acceptors (Lipinski definition) is 3. The second-order valence-electron chi connectivity index (χ2n) is 13.0. The van der Waals surface area contributed by atoms with Crippen molar-refractivity contribution < 1.29 is 4.74 Å². The van der Waals surface area contributed by atoms with Gasteiger partial charge in [0.25, 0.3) is 0 Å². The minimum absolute atomic E-state index is 0.872. The van der Waals surface area contributed by atoms with Gasteiger partial charge in [-0.1, -0.05) is 204 Å². The summed E-state index contributed by atoms with van der Waals surface area (Å²) in [6.07, 6.45) is 37.1. The van der Waals surface area contributed by atoms with Crippen LogP contribution < -0.4 is 0 Å². The van der Waals surface area contributed by atoms with Crippen LogP contribution in [0.2, 0.25) is 0 Å². The van der Waals surface area contributed by atoms with E-state index in [9.17, 15) is 0 Å².